The summed E-state index contributed by atoms with van der Waals surface area (Å²) in [4.78, 5) is 25.1. The first-order chi connectivity index (χ1) is 17.5. The summed E-state index contributed by atoms with van der Waals surface area (Å²) in [5.41, 5.74) is 13.7. The highest BCUT2D eigenvalue weighted by Crippen LogP contribution is 2.39. The summed E-state index contributed by atoms with van der Waals surface area (Å²) in [6, 6.07) is 16.0. The quantitative estimate of drug-likeness (QED) is 0.172. The lowest BCUT2D eigenvalue weighted by molar-refractivity contribution is 0.0800. The third kappa shape index (κ3) is 3.77. The van der Waals surface area contributed by atoms with E-state index in [0.717, 1.165) is 49.4 Å². The summed E-state index contributed by atoms with van der Waals surface area (Å²) in [6.45, 7) is 5.01. The van der Waals surface area contributed by atoms with Crippen LogP contribution in [-0.2, 0) is 6.54 Å². The number of hydrogen-bond acceptors (Lipinski definition) is 7. The zero-order valence-electron chi connectivity index (χ0n) is 19.5. The van der Waals surface area contributed by atoms with Gasteiger partial charge in [-0.25, -0.2) is 9.97 Å². The maximum atomic E-state index is 13.4. The Labute approximate surface area is 216 Å². The van der Waals surface area contributed by atoms with Crippen molar-refractivity contribution in [1.82, 2.24) is 25.1 Å². The summed E-state index contributed by atoms with van der Waals surface area (Å²) in [7, 11) is 0. The SMILES string of the molecule is C=C(CN1Cc2c(-c3ccc4[nH]nc(-c5cccs5)c4c3)ccc(N)c2C1=O)c1ccnc(SC)n1. The highest BCUT2D eigenvalue weighted by molar-refractivity contribution is 7.98. The monoisotopic (exact) mass is 510 g/mol. The Hall–Kier alpha value is -3.95. The lowest BCUT2D eigenvalue weighted by Gasteiger charge is -2.17. The minimum Gasteiger partial charge on any atom is -0.398 e. The van der Waals surface area contributed by atoms with Gasteiger partial charge in [0, 0.05) is 30.4 Å². The highest BCUT2D eigenvalue weighted by atomic mass is 32.2. The van der Waals surface area contributed by atoms with Crippen LogP contribution in [0.5, 0.6) is 0 Å². The third-order valence-corrected chi connectivity index (χ3v) is 7.82. The topological polar surface area (TPSA) is 101 Å². The van der Waals surface area contributed by atoms with Crippen molar-refractivity contribution in [3.63, 3.8) is 0 Å². The lowest BCUT2D eigenvalue weighted by atomic mass is 9.94. The molecule has 9 heteroatoms. The fourth-order valence-corrected chi connectivity index (χ4v) is 5.72. The van der Waals surface area contributed by atoms with Gasteiger partial charge in [0.2, 0.25) is 0 Å². The van der Waals surface area contributed by atoms with Gasteiger partial charge in [-0.05, 0) is 64.2 Å². The maximum absolute atomic E-state index is 13.4. The first-order valence-corrected chi connectivity index (χ1v) is 13.4. The molecule has 2 aromatic carbocycles. The van der Waals surface area contributed by atoms with E-state index in [4.69, 9.17) is 5.73 Å². The molecule has 7 nitrogen and oxygen atoms in total. The number of thiophene rings is 1. The number of carbonyl (C=O) groups excluding carboxylic acids is 1. The summed E-state index contributed by atoms with van der Waals surface area (Å²) in [6.07, 6.45) is 3.64. The molecule has 0 unspecified atom stereocenters. The predicted octanol–water partition coefficient (Wildman–Crippen LogP) is 5.72. The third-order valence-electron chi connectivity index (χ3n) is 6.38. The molecule has 0 fully saturated rings. The Morgan fingerprint density at radius 3 is 2.94 bits per heavy atom. The van der Waals surface area contributed by atoms with Crippen LogP contribution in [0.2, 0.25) is 0 Å². The molecule has 0 atom stereocenters. The van der Waals surface area contributed by atoms with Crippen molar-refractivity contribution < 1.29 is 4.79 Å². The lowest BCUT2D eigenvalue weighted by Crippen LogP contribution is -2.26. The van der Waals surface area contributed by atoms with E-state index in [-0.39, 0.29) is 5.91 Å². The van der Waals surface area contributed by atoms with Crippen molar-refractivity contribution in [2.45, 2.75) is 11.7 Å². The standard InChI is InChI=1S/C27H22N6OS2/c1-15(21-9-10-29-27(30-21)35-2)13-33-14-19-17(6-7-20(28)24(19)26(33)34)16-5-8-22-18(12-16)25(32-31-22)23-4-3-11-36-23/h3-12H,1,13-14,28H2,2H3,(H,31,32). The summed E-state index contributed by atoms with van der Waals surface area (Å²) in [5.74, 6) is -0.0895. The molecule has 1 aliphatic heterocycles. The number of fused-ring (bicyclic) bond motifs is 2. The van der Waals surface area contributed by atoms with Crippen molar-refractivity contribution >= 4 is 51.2 Å². The zero-order chi connectivity index (χ0) is 24.8. The number of aromatic amines is 1. The average Bonchev–Trinajstić information content (AvgIpc) is 3.64. The predicted molar refractivity (Wildman–Crippen MR) is 147 cm³/mol. The van der Waals surface area contributed by atoms with Crippen LogP contribution < -0.4 is 5.73 Å². The molecule has 3 aromatic heterocycles. The van der Waals surface area contributed by atoms with E-state index in [1.54, 1.807) is 22.4 Å². The van der Waals surface area contributed by atoms with Crippen molar-refractivity contribution in [2.24, 2.45) is 0 Å². The molecule has 5 aromatic rings. The number of carbonyl (C=O) groups is 1. The Morgan fingerprint density at radius 1 is 1.25 bits per heavy atom. The number of hydrogen-bond donors (Lipinski definition) is 2. The molecule has 0 radical (unpaired) electrons. The smallest absolute Gasteiger partial charge is 0.256 e. The van der Waals surface area contributed by atoms with Crippen molar-refractivity contribution in [1.29, 1.82) is 0 Å². The van der Waals surface area contributed by atoms with Gasteiger partial charge in [-0.3, -0.25) is 9.89 Å². The van der Waals surface area contributed by atoms with Gasteiger partial charge in [0.15, 0.2) is 5.16 Å². The van der Waals surface area contributed by atoms with Crippen LogP contribution in [0.15, 0.2) is 71.8 Å². The van der Waals surface area contributed by atoms with E-state index in [9.17, 15) is 4.79 Å². The van der Waals surface area contributed by atoms with Gasteiger partial charge in [0.25, 0.3) is 5.91 Å². The first kappa shape index (κ1) is 22.5. The summed E-state index contributed by atoms with van der Waals surface area (Å²) >= 11 is 3.13. The number of nitrogens with zero attached hydrogens (tertiary/aromatic N) is 4. The number of anilines is 1. The molecule has 6 rings (SSSR count). The van der Waals surface area contributed by atoms with E-state index < -0.39 is 0 Å². The van der Waals surface area contributed by atoms with Gasteiger partial charge in [-0.15, -0.1) is 11.3 Å². The normalized spacial score (nSPS) is 12.9. The molecule has 178 valence electrons. The maximum Gasteiger partial charge on any atom is 0.256 e. The average molecular weight is 511 g/mol. The number of nitrogen functional groups attached to an aromatic ring is 1. The van der Waals surface area contributed by atoms with Crippen LogP contribution >= 0.6 is 23.1 Å². The number of rotatable bonds is 6. The van der Waals surface area contributed by atoms with E-state index in [0.29, 0.717) is 29.5 Å². The second-order valence-corrected chi connectivity index (χ2v) is 10.3. The minimum absolute atomic E-state index is 0.0895. The molecule has 4 heterocycles. The van der Waals surface area contributed by atoms with E-state index in [2.05, 4.69) is 44.9 Å². The van der Waals surface area contributed by atoms with Crippen LogP contribution in [-0.4, -0.2) is 43.8 Å². The first-order valence-electron chi connectivity index (χ1n) is 11.3. The molecule has 3 N–H and O–H groups in total. The fraction of sp³-hybridized carbons (Fsp3) is 0.111. The van der Waals surface area contributed by atoms with Crippen LogP contribution in [0, 0.1) is 0 Å². The van der Waals surface area contributed by atoms with Crippen LogP contribution in [0.1, 0.15) is 21.6 Å². The summed E-state index contributed by atoms with van der Waals surface area (Å²) < 4.78 is 0. The van der Waals surface area contributed by atoms with E-state index in [1.165, 1.54) is 11.8 Å². The van der Waals surface area contributed by atoms with E-state index in [1.807, 2.05) is 42.0 Å². The van der Waals surface area contributed by atoms with Gasteiger partial charge in [0.05, 0.1) is 21.7 Å². The molecular formula is C27H22N6OS2. The van der Waals surface area contributed by atoms with Crippen LogP contribution in [0.4, 0.5) is 5.69 Å². The molecule has 0 spiro atoms. The van der Waals surface area contributed by atoms with Gasteiger partial charge < -0.3 is 10.6 Å². The van der Waals surface area contributed by atoms with Gasteiger partial charge in [-0.1, -0.05) is 36.5 Å². The number of nitrogens with two attached hydrogens (primary N) is 1. The molecule has 0 saturated heterocycles. The Kier molecular flexibility index (Phi) is 5.58. The molecule has 1 aliphatic rings. The number of nitrogens with one attached hydrogen (secondary N) is 1. The minimum atomic E-state index is -0.0895. The van der Waals surface area contributed by atoms with Crippen molar-refractivity contribution in [2.75, 3.05) is 18.5 Å². The van der Waals surface area contributed by atoms with Gasteiger partial charge >= 0.3 is 0 Å². The Morgan fingerprint density at radius 2 is 2.14 bits per heavy atom. The number of thioether (sulfide) groups is 1. The van der Waals surface area contributed by atoms with Crippen LogP contribution in [0.3, 0.4) is 0 Å². The number of amides is 1. The van der Waals surface area contributed by atoms with Gasteiger partial charge in [-0.2, -0.15) is 5.10 Å². The molecule has 36 heavy (non-hydrogen) atoms. The largest absolute Gasteiger partial charge is 0.398 e. The number of benzene rings is 2. The molecule has 0 aliphatic carbocycles. The van der Waals surface area contributed by atoms with Crippen molar-refractivity contribution in [3.8, 4) is 21.7 Å². The second kappa shape index (κ2) is 8.92. The number of H-pyrrole nitrogens is 1. The Bertz CT molecular complexity index is 1640. The number of aromatic nitrogens is 4. The second-order valence-electron chi connectivity index (χ2n) is 8.56. The van der Waals surface area contributed by atoms with Crippen molar-refractivity contribution in [3.05, 3.63) is 83.5 Å². The Balaban J connectivity index is 1.36. The molecule has 0 saturated carbocycles. The fourth-order valence-electron chi connectivity index (χ4n) is 4.63. The molecule has 1 amide bonds. The molecule has 0 bridgehead atoms. The molecular weight excluding hydrogens is 488 g/mol. The van der Waals surface area contributed by atoms with E-state index >= 15 is 0 Å². The van der Waals surface area contributed by atoms with Crippen LogP contribution in [0.25, 0.3) is 38.2 Å². The highest BCUT2D eigenvalue weighted by Gasteiger charge is 2.32. The summed E-state index contributed by atoms with van der Waals surface area (Å²) in [5, 5.41) is 11.4. The zero-order valence-corrected chi connectivity index (χ0v) is 21.1. The van der Waals surface area contributed by atoms with Gasteiger partial charge in [0.1, 0.15) is 5.69 Å².